The Morgan fingerprint density at radius 2 is 1.76 bits per heavy atom. The SMILES string of the molecule is NC(=O)Cc1ccccc1NCc1ccc(C(F)F)cc1. The first-order chi connectivity index (χ1) is 10.1. The Morgan fingerprint density at radius 1 is 1.10 bits per heavy atom. The van der Waals surface area contributed by atoms with Crippen molar-refractivity contribution in [1.82, 2.24) is 0 Å². The van der Waals surface area contributed by atoms with Crippen molar-refractivity contribution in [3.63, 3.8) is 0 Å². The molecule has 2 rings (SSSR count). The molecule has 1 amide bonds. The third-order valence-electron chi connectivity index (χ3n) is 3.10. The van der Waals surface area contributed by atoms with Crippen molar-refractivity contribution in [3.05, 3.63) is 65.2 Å². The first-order valence-electron chi connectivity index (χ1n) is 6.53. The molecule has 21 heavy (non-hydrogen) atoms. The predicted octanol–water partition coefficient (Wildman–Crippen LogP) is 3.26. The van der Waals surface area contributed by atoms with Crippen molar-refractivity contribution < 1.29 is 13.6 Å². The second-order valence-electron chi connectivity index (χ2n) is 4.70. The molecule has 0 unspecified atom stereocenters. The number of rotatable bonds is 6. The van der Waals surface area contributed by atoms with E-state index in [-0.39, 0.29) is 12.0 Å². The summed E-state index contributed by atoms with van der Waals surface area (Å²) in [5, 5.41) is 3.19. The second-order valence-corrected chi connectivity index (χ2v) is 4.70. The minimum atomic E-state index is -2.46. The Labute approximate surface area is 121 Å². The van der Waals surface area contributed by atoms with Crippen molar-refractivity contribution in [2.75, 3.05) is 5.32 Å². The average molecular weight is 290 g/mol. The Morgan fingerprint density at radius 3 is 2.38 bits per heavy atom. The number of halogens is 2. The van der Waals surface area contributed by atoms with E-state index in [1.54, 1.807) is 12.1 Å². The molecule has 0 saturated heterocycles. The molecule has 0 aliphatic carbocycles. The van der Waals surface area contributed by atoms with E-state index < -0.39 is 12.3 Å². The van der Waals surface area contributed by atoms with Gasteiger partial charge in [0.25, 0.3) is 6.43 Å². The van der Waals surface area contributed by atoms with Gasteiger partial charge < -0.3 is 11.1 Å². The van der Waals surface area contributed by atoms with Crippen LogP contribution in [0.2, 0.25) is 0 Å². The maximum atomic E-state index is 12.5. The number of primary amides is 1. The normalized spacial score (nSPS) is 10.6. The van der Waals surface area contributed by atoms with Crippen LogP contribution >= 0.6 is 0 Å². The van der Waals surface area contributed by atoms with Gasteiger partial charge in [-0.1, -0.05) is 42.5 Å². The van der Waals surface area contributed by atoms with Crippen LogP contribution in [0.5, 0.6) is 0 Å². The fourth-order valence-electron chi connectivity index (χ4n) is 2.01. The molecule has 0 saturated carbocycles. The molecule has 3 nitrogen and oxygen atoms in total. The maximum Gasteiger partial charge on any atom is 0.263 e. The van der Waals surface area contributed by atoms with Gasteiger partial charge in [0.05, 0.1) is 6.42 Å². The van der Waals surface area contributed by atoms with Gasteiger partial charge in [-0.15, -0.1) is 0 Å². The zero-order valence-corrected chi connectivity index (χ0v) is 11.4. The lowest BCUT2D eigenvalue weighted by Gasteiger charge is -2.11. The largest absolute Gasteiger partial charge is 0.381 e. The Balaban J connectivity index is 2.04. The molecule has 0 heterocycles. The maximum absolute atomic E-state index is 12.5. The van der Waals surface area contributed by atoms with Crippen LogP contribution in [0.25, 0.3) is 0 Å². The van der Waals surface area contributed by atoms with Crippen LogP contribution in [0, 0.1) is 0 Å². The highest BCUT2D eigenvalue weighted by molar-refractivity contribution is 5.78. The molecular weight excluding hydrogens is 274 g/mol. The molecule has 0 aliphatic rings. The first-order valence-corrected chi connectivity index (χ1v) is 6.53. The van der Waals surface area contributed by atoms with E-state index in [0.29, 0.717) is 6.54 Å². The number of para-hydroxylation sites is 1. The summed E-state index contributed by atoms with van der Waals surface area (Å²) in [6.45, 7) is 0.485. The van der Waals surface area contributed by atoms with Gasteiger partial charge in [0.1, 0.15) is 0 Å². The van der Waals surface area contributed by atoms with E-state index in [1.165, 1.54) is 12.1 Å². The molecule has 0 bridgehead atoms. The van der Waals surface area contributed by atoms with E-state index in [4.69, 9.17) is 5.73 Å². The van der Waals surface area contributed by atoms with Gasteiger partial charge in [-0.3, -0.25) is 4.79 Å². The Kier molecular flexibility index (Phi) is 4.87. The quantitative estimate of drug-likeness (QED) is 0.858. The van der Waals surface area contributed by atoms with E-state index >= 15 is 0 Å². The van der Waals surface area contributed by atoms with Crippen molar-refractivity contribution in [1.29, 1.82) is 0 Å². The fraction of sp³-hybridized carbons (Fsp3) is 0.188. The number of carbonyl (C=O) groups is 1. The summed E-state index contributed by atoms with van der Waals surface area (Å²) in [6.07, 6.45) is -2.30. The summed E-state index contributed by atoms with van der Waals surface area (Å²) in [6, 6.07) is 13.5. The lowest BCUT2D eigenvalue weighted by molar-refractivity contribution is -0.117. The van der Waals surface area contributed by atoms with Gasteiger partial charge in [0.15, 0.2) is 0 Å². The topological polar surface area (TPSA) is 55.1 Å². The van der Waals surface area contributed by atoms with Crippen molar-refractivity contribution >= 4 is 11.6 Å². The molecule has 0 radical (unpaired) electrons. The first kappa shape index (κ1) is 15.0. The molecule has 5 heteroatoms. The summed E-state index contributed by atoms with van der Waals surface area (Å²) in [4.78, 5) is 11.0. The number of nitrogens with one attached hydrogen (secondary N) is 1. The minimum absolute atomic E-state index is 0.00729. The molecule has 0 aromatic heterocycles. The Hall–Kier alpha value is -2.43. The van der Waals surface area contributed by atoms with Gasteiger partial charge in [-0.2, -0.15) is 0 Å². The van der Waals surface area contributed by atoms with E-state index in [0.717, 1.165) is 16.8 Å². The van der Waals surface area contributed by atoms with Gasteiger partial charge in [-0.25, -0.2) is 8.78 Å². The van der Waals surface area contributed by atoms with Crippen LogP contribution in [0.4, 0.5) is 14.5 Å². The minimum Gasteiger partial charge on any atom is -0.381 e. The zero-order valence-electron chi connectivity index (χ0n) is 11.4. The molecule has 2 aromatic rings. The highest BCUT2D eigenvalue weighted by Gasteiger charge is 2.07. The molecule has 0 fully saturated rings. The molecule has 110 valence electrons. The van der Waals surface area contributed by atoms with Gasteiger partial charge in [0.2, 0.25) is 5.91 Å². The number of carbonyl (C=O) groups excluding carboxylic acids is 1. The molecule has 0 atom stereocenters. The molecular formula is C16H16F2N2O. The lowest BCUT2D eigenvalue weighted by atomic mass is 10.1. The number of anilines is 1. The molecule has 2 aromatic carbocycles. The summed E-state index contributed by atoms with van der Waals surface area (Å²) in [5.74, 6) is -0.398. The van der Waals surface area contributed by atoms with Crippen molar-refractivity contribution in [3.8, 4) is 0 Å². The van der Waals surface area contributed by atoms with Gasteiger partial charge in [-0.05, 0) is 17.2 Å². The number of benzene rings is 2. The number of hydrogen-bond donors (Lipinski definition) is 2. The standard InChI is InChI=1S/C16H16F2N2O/c17-16(18)12-7-5-11(6-8-12)10-20-14-4-2-1-3-13(14)9-15(19)21/h1-8,16,20H,9-10H2,(H2,19,21). The smallest absolute Gasteiger partial charge is 0.263 e. The van der Waals surface area contributed by atoms with Crippen LogP contribution < -0.4 is 11.1 Å². The van der Waals surface area contributed by atoms with Crippen molar-refractivity contribution in [2.24, 2.45) is 5.73 Å². The predicted molar refractivity (Wildman–Crippen MR) is 78.1 cm³/mol. The second kappa shape index (κ2) is 6.83. The number of nitrogens with two attached hydrogens (primary N) is 1. The van der Waals surface area contributed by atoms with Crippen LogP contribution in [0.15, 0.2) is 48.5 Å². The number of amides is 1. The van der Waals surface area contributed by atoms with E-state index in [1.807, 2.05) is 24.3 Å². The zero-order chi connectivity index (χ0) is 15.2. The van der Waals surface area contributed by atoms with E-state index in [2.05, 4.69) is 5.32 Å². The number of alkyl halides is 2. The molecule has 3 N–H and O–H groups in total. The van der Waals surface area contributed by atoms with E-state index in [9.17, 15) is 13.6 Å². The summed E-state index contributed by atoms with van der Waals surface area (Å²) >= 11 is 0. The monoisotopic (exact) mass is 290 g/mol. The third kappa shape index (κ3) is 4.27. The van der Waals surface area contributed by atoms with Crippen molar-refractivity contribution in [2.45, 2.75) is 19.4 Å². The number of hydrogen-bond acceptors (Lipinski definition) is 2. The van der Waals surface area contributed by atoms with Gasteiger partial charge >= 0.3 is 0 Å². The summed E-state index contributed by atoms with van der Waals surface area (Å²) in [5.41, 5.74) is 7.73. The Bertz CT molecular complexity index is 612. The molecule has 0 spiro atoms. The highest BCUT2D eigenvalue weighted by Crippen LogP contribution is 2.20. The highest BCUT2D eigenvalue weighted by atomic mass is 19.3. The van der Waals surface area contributed by atoms with Crippen LogP contribution in [0.1, 0.15) is 23.1 Å². The summed E-state index contributed by atoms with van der Waals surface area (Å²) in [7, 11) is 0. The van der Waals surface area contributed by atoms with Gasteiger partial charge in [0, 0.05) is 17.8 Å². The fourth-order valence-corrected chi connectivity index (χ4v) is 2.01. The van der Waals surface area contributed by atoms with Crippen LogP contribution in [-0.4, -0.2) is 5.91 Å². The van der Waals surface area contributed by atoms with Crippen LogP contribution in [-0.2, 0) is 17.8 Å². The summed E-state index contributed by atoms with van der Waals surface area (Å²) < 4.78 is 24.9. The average Bonchev–Trinajstić information content (AvgIpc) is 2.46. The third-order valence-corrected chi connectivity index (χ3v) is 3.10. The van der Waals surface area contributed by atoms with Crippen LogP contribution in [0.3, 0.4) is 0 Å². The lowest BCUT2D eigenvalue weighted by Crippen LogP contribution is -2.15. The molecule has 0 aliphatic heterocycles.